The van der Waals surface area contributed by atoms with Crippen LogP contribution in [0.25, 0.3) is 11.0 Å². The molecule has 1 saturated heterocycles. The Morgan fingerprint density at radius 2 is 2.20 bits per heavy atom. The Bertz CT molecular complexity index is 624. The minimum atomic E-state index is 0.662. The zero-order chi connectivity index (χ0) is 13.5. The van der Waals surface area contributed by atoms with Gasteiger partial charge >= 0.3 is 0 Å². The smallest absolute Gasteiger partial charge is 0.110 e. The molecular formula is C16H20ClN3. The average Bonchev–Trinajstić information content (AvgIpc) is 3.02. The van der Waals surface area contributed by atoms with Gasteiger partial charge in [0.05, 0.1) is 11.0 Å². The van der Waals surface area contributed by atoms with Crippen LogP contribution in [0, 0.1) is 5.92 Å². The first-order chi connectivity index (χ1) is 9.81. The van der Waals surface area contributed by atoms with Crippen LogP contribution in [0.4, 0.5) is 0 Å². The Balaban J connectivity index is 1.65. The molecule has 1 aromatic carbocycles. The first-order valence-corrected chi connectivity index (χ1v) is 8.06. The number of halogens is 1. The highest BCUT2D eigenvalue weighted by molar-refractivity contribution is 6.31. The summed E-state index contributed by atoms with van der Waals surface area (Å²) in [5.74, 6) is 2.09. The van der Waals surface area contributed by atoms with Crippen molar-refractivity contribution in [1.82, 2.24) is 14.9 Å². The van der Waals surface area contributed by atoms with Crippen molar-refractivity contribution < 1.29 is 0 Å². The summed E-state index contributed by atoms with van der Waals surface area (Å²) in [5.41, 5.74) is 2.32. The zero-order valence-electron chi connectivity index (χ0n) is 11.6. The van der Waals surface area contributed by atoms with Crippen LogP contribution in [0.1, 0.15) is 37.5 Å². The van der Waals surface area contributed by atoms with Gasteiger partial charge in [-0.25, -0.2) is 4.98 Å². The van der Waals surface area contributed by atoms with Crippen LogP contribution in [-0.4, -0.2) is 22.6 Å². The summed E-state index contributed by atoms with van der Waals surface area (Å²) in [6, 6.07) is 6.73. The highest BCUT2D eigenvalue weighted by Gasteiger charge is 2.28. The fourth-order valence-corrected chi connectivity index (χ4v) is 3.49. The molecule has 20 heavy (non-hydrogen) atoms. The molecule has 3 nitrogen and oxygen atoms in total. The molecule has 2 heterocycles. The number of imidazole rings is 1. The second-order valence-electron chi connectivity index (χ2n) is 6.16. The number of nitrogens with zero attached hydrogens (tertiary/aromatic N) is 2. The van der Waals surface area contributed by atoms with Gasteiger partial charge in [0.2, 0.25) is 0 Å². The van der Waals surface area contributed by atoms with Crippen LogP contribution in [-0.2, 0) is 6.42 Å². The van der Waals surface area contributed by atoms with Crippen LogP contribution >= 0.6 is 11.6 Å². The van der Waals surface area contributed by atoms with Crippen molar-refractivity contribution in [3.63, 3.8) is 0 Å². The van der Waals surface area contributed by atoms with E-state index in [1.54, 1.807) is 0 Å². The van der Waals surface area contributed by atoms with Crippen LogP contribution in [0.5, 0.6) is 0 Å². The third kappa shape index (κ3) is 2.33. The lowest BCUT2D eigenvalue weighted by Crippen LogP contribution is -2.11. The molecule has 0 amide bonds. The normalized spacial score (nSPS) is 22.8. The van der Waals surface area contributed by atoms with E-state index >= 15 is 0 Å². The van der Waals surface area contributed by atoms with Crippen molar-refractivity contribution in [1.29, 1.82) is 0 Å². The molecule has 1 atom stereocenters. The maximum absolute atomic E-state index is 6.16. The lowest BCUT2D eigenvalue weighted by Gasteiger charge is -2.10. The Labute approximate surface area is 124 Å². The molecule has 4 rings (SSSR count). The van der Waals surface area contributed by atoms with E-state index in [2.05, 4.69) is 22.0 Å². The number of rotatable bonds is 4. The summed E-state index contributed by atoms with van der Waals surface area (Å²) >= 11 is 6.16. The number of hydrogen-bond donors (Lipinski definition) is 1. The van der Waals surface area contributed by atoms with E-state index in [0.717, 1.165) is 22.9 Å². The summed E-state index contributed by atoms with van der Waals surface area (Å²) in [6.45, 7) is 2.36. The second-order valence-corrected chi connectivity index (χ2v) is 6.60. The largest absolute Gasteiger partial charge is 0.325 e. The van der Waals surface area contributed by atoms with Crippen molar-refractivity contribution in [3.05, 3.63) is 29.0 Å². The van der Waals surface area contributed by atoms with Gasteiger partial charge in [-0.3, -0.25) is 0 Å². The van der Waals surface area contributed by atoms with Crippen LogP contribution in [0.15, 0.2) is 18.2 Å². The summed E-state index contributed by atoms with van der Waals surface area (Å²) in [5, 5.41) is 4.26. The van der Waals surface area contributed by atoms with Gasteiger partial charge in [0.15, 0.2) is 0 Å². The number of hydrogen-bond acceptors (Lipinski definition) is 2. The van der Waals surface area contributed by atoms with E-state index < -0.39 is 0 Å². The molecule has 1 aliphatic heterocycles. The van der Waals surface area contributed by atoms with Gasteiger partial charge in [-0.05, 0) is 62.9 Å². The van der Waals surface area contributed by atoms with Gasteiger partial charge in [-0.15, -0.1) is 0 Å². The number of aryl methyl sites for hydroxylation is 1. The van der Waals surface area contributed by atoms with Crippen molar-refractivity contribution >= 4 is 22.6 Å². The lowest BCUT2D eigenvalue weighted by molar-refractivity contribution is 0.515. The topological polar surface area (TPSA) is 29.9 Å². The van der Waals surface area contributed by atoms with Crippen LogP contribution < -0.4 is 5.32 Å². The summed E-state index contributed by atoms with van der Waals surface area (Å²) in [6.07, 6.45) is 6.23. The van der Waals surface area contributed by atoms with Crippen LogP contribution in [0.2, 0.25) is 5.02 Å². The van der Waals surface area contributed by atoms with E-state index in [1.807, 2.05) is 6.07 Å². The third-order valence-corrected chi connectivity index (χ3v) is 4.81. The number of nitrogens with one attached hydrogen (secondary N) is 1. The highest BCUT2D eigenvalue weighted by Crippen LogP contribution is 2.39. The van der Waals surface area contributed by atoms with Gasteiger partial charge in [-0.2, -0.15) is 0 Å². The number of aromatic nitrogens is 2. The maximum atomic E-state index is 6.16. The zero-order valence-corrected chi connectivity index (χ0v) is 12.4. The molecule has 1 aromatic heterocycles. The van der Waals surface area contributed by atoms with E-state index in [4.69, 9.17) is 16.6 Å². The van der Waals surface area contributed by atoms with Gasteiger partial charge in [-0.1, -0.05) is 11.6 Å². The number of benzene rings is 1. The Morgan fingerprint density at radius 1 is 1.30 bits per heavy atom. The second kappa shape index (κ2) is 5.05. The molecule has 0 radical (unpaired) electrons. The Kier molecular flexibility index (Phi) is 3.20. The summed E-state index contributed by atoms with van der Waals surface area (Å²) in [4.78, 5) is 4.86. The van der Waals surface area contributed by atoms with Crippen molar-refractivity contribution in [2.75, 3.05) is 13.1 Å². The van der Waals surface area contributed by atoms with Crippen LogP contribution in [0.3, 0.4) is 0 Å². The standard InChI is InChI=1S/C16H20ClN3/c17-12-2-5-14-15(9-12)20(13-3-4-13)16(19-14)6-1-11-7-8-18-10-11/h2,5,9,11,13,18H,1,3-4,6-8,10H2. The van der Waals surface area contributed by atoms with Gasteiger partial charge < -0.3 is 9.88 Å². The minimum Gasteiger partial charge on any atom is -0.325 e. The Hall–Kier alpha value is -1.06. The molecular weight excluding hydrogens is 270 g/mol. The monoisotopic (exact) mass is 289 g/mol. The first kappa shape index (κ1) is 12.7. The van der Waals surface area contributed by atoms with E-state index in [1.165, 1.54) is 50.1 Å². The fraction of sp³-hybridized carbons (Fsp3) is 0.562. The molecule has 2 aliphatic rings. The number of fused-ring (bicyclic) bond motifs is 1. The first-order valence-electron chi connectivity index (χ1n) is 7.68. The molecule has 2 aromatic rings. The Morgan fingerprint density at radius 3 is 2.95 bits per heavy atom. The van der Waals surface area contributed by atoms with E-state index in [0.29, 0.717) is 6.04 Å². The van der Waals surface area contributed by atoms with Gasteiger partial charge in [0.1, 0.15) is 5.82 Å². The van der Waals surface area contributed by atoms with Gasteiger partial charge in [0, 0.05) is 17.5 Å². The molecule has 1 saturated carbocycles. The SMILES string of the molecule is Clc1ccc2nc(CCC3CCNC3)n(C3CC3)c2c1. The van der Waals surface area contributed by atoms with Gasteiger partial charge in [0.25, 0.3) is 0 Å². The molecule has 0 spiro atoms. The molecule has 4 heteroatoms. The maximum Gasteiger partial charge on any atom is 0.110 e. The lowest BCUT2D eigenvalue weighted by atomic mass is 10.0. The average molecular weight is 290 g/mol. The van der Waals surface area contributed by atoms with Crippen molar-refractivity contribution in [2.45, 2.75) is 38.1 Å². The minimum absolute atomic E-state index is 0.662. The fourth-order valence-electron chi connectivity index (χ4n) is 3.33. The summed E-state index contributed by atoms with van der Waals surface area (Å²) in [7, 11) is 0. The van der Waals surface area contributed by atoms with E-state index in [9.17, 15) is 0 Å². The molecule has 1 unspecified atom stereocenters. The summed E-state index contributed by atoms with van der Waals surface area (Å²) < 4.78 is 2.45. The quantitative estimate of drug-likeness (QED) is 0.932. The third-order valence-electron chi connectivity index (χ3n) is 4.58. The molecule has 106 valence electrons. The highest BCUT2D eigenvalue weighted by atomic mass is 35.5. The molecule has 1 N–H and O–H groups in total. The predicted molar refractivity (Wildman–Crippen MR) is 82.3 cm³/mol. The van der Waals surface area contributed by atoms with Crippen molar-refractivity contribution in [2.24, 2.45) is 5.92 Å². The predicted octanol–water partition coefficient (Wildman–Crippen LogP) is 3.57. The molecule has 1 aliphatic carbocycles. The molecule has 2 fully saturated rings. The van der Waals surface area contributed by atoms with E-state index in [-0.39, 0.29) is 0 Å². The molecule has 0 bridgehead atoms. The van der Waals surface area contributed by atoms with Crippen molar-refractivity contribution in [3.8, 4) is 0 Å².